The fourth-order valence-electron chi connectivity index (χ4n) is 1.44. The summed E-state index contributed by atoms with van der Waals surface area (Å²) in [6, 6.07) is 7.52. The van der Waals surface area contributed by atoms with Crippen LogP contribution in [0.15, 0.2) is 30.3 Å². The van der Waals surface area contributed by atoms with Gasteiger partial charge in [0.2, 0.25) is 5.91 Å². The Kier molecular flexibility index (Phi) is 4.94. The Morgan fingerprint density at radius 1 is 1.35 bits per heavy atom. The smallest absolute Gasteiger partial charge is 0.305 e. The summed E-state index contributed by atoms with van der Waals surface area (Å²) < 4.78 is 4.58. The van der Waals surface area contributed by atoms with Crippen LogP contribution in [0.4, 0.5) is 0 Å². The fraction of sp³-hybridized carbons (Fsp3) is 0.231. The number of carbonyl (C=O) groups excluding carboxylic acids is 2. The van der Waals surface area contributed by atoms with Gasteiger partial charge in [-0.2, -0.15) is 0 Å². The molecule has 1 aromatic carbocycles. The number of rotatable bonds is 5. The van der Waals surface area contributed by atoms with Crippen molar-refractivity contribution in [3.63, 3.8) is 0 Å². The number of amides is 1. The molecule has 0 unspecified atom stereocenters. The molecule has 0 spiro atoms. The van der Waals surface area contributed by atoms with Gasteiger partial charge < -0.3 is 10.5 Å². The largest absolute Gasteiger partial charge is 0.469 e. The van der Waals surface area contributed by atoms with Gasteiger partial charge in [-0.3, -0.25) is 9.59 Å². The number of esters is 1. The minimum Gasteiger partial charge on any atom is -0.469 e. The van der Waals surface area contributed by atoms with E-state index >= 15 is 0 Å². The van der Waals surface area contributed by atoms with Crippen molar-refractivity contribution in [2.24, 2.45) is 5.73 Å². The summed E-state index contributed by atoms with van der Waals surface area (Å²) in [5, 5.41) is 0. The Labute approximate surface area is 100 Å². The van der Waals surface area contributed by atoms with Crippen molar-refractivity contribution in [3.05, 3.63) is 41.5 Å². The first-order valence-electron chi connectivity index (χ1n) is 5.25. The van der Waals surface area contributed by atoms with Gasteiger partial charge >= 0.3 is 5.97 Å². The van der Waals surface area contributed by atoms with Crippen molar-refractivity contribution >= 4 is 18.0 Å². The number of carbonyl (C=O) groups is 2. The monoisotopic (exact) mass is 233 g/mol. The molecule has 1 rings (SSSR count). The van der Waals surface area contributed by atoms with Crippen LogP contribution in [0.1, 0.15) is 17.5 Å². The quantitative estimate of drug-likeness (QED) is 0.615. The summed E-state index contributed by atoms with van der Waals surface area (Å²) in [5.41, 5.74) is 6.90. The van der Waals surface area contributed by atoms with Gasteiger partial charge in [0.15, 0.2) is 0 Å². The van der Waals surface area contributed by atoms with E-state index in [-0.39, 0.29) is 5.97 Å². The van der Waals surface area contributed by atoms with Gasteiger partial charge in [-0.15, -0.1) is 0 Å². The number of hydrogen-bond acceptors (Lipinski definition) is 3. The Bertz CT molecular complexity index is 438. The molecule has 0 saturated heterocycles. The molecule has 0 aliphatic carbocycles. The highest BCUT2D eigenvalue weighted by molar-refractivity contribution is 5.90. The summed E-state index contributed by atoms with van der Waals surface area (Å²) in [5.74, 6) is -0.744. The predicted molar refractivity (Wildman–Crippen MR) is 65.0 cm³/mol. The number of hydrogen-bond donors (Lipinski definition) is 1. The molecule has 0 atom stereocenters. The third-order valence-electron chi connectivity index (χ3n) is 2.31. The second kappa shape index (κ2) is 6.48. The van der Waals surface area contributed by atoms with Gasteiger partial charge in [-0.1, -0.05) is 24.3 Å². The number of primary amides is 1. The van der Waals surface area contributed by atoms with Gasteiger partial charge in [-0.05, 0) is 23.6 Å². The standard InChI is InChI=1S/C13H15NO3/c1-17-13(16)9-7-11-5-3-2-4-10(11)6-8-12(14)15/h2-6,8H,7,9H2,1H3,(H2,14,15). The second-order valence-electron chi connectivity index (χ2n) is 3.51. The minimum atomic E-state index is -0.493. The number of benzene rings is 1. The molecule has 0 aromatic heterocycles. The van der Waals surface area contributed by atoms with Crippen LogP contribution >= 0.6 is 0 Å². The van der Waals surface area contributed by atoms with E-state index in [0.29, 0.717) is 12.8 Å². The summed E-state index contributed by atoms with van der Waals surface area (Å²) in [6.45, 7) is 0. The lowest BCUT2D eigenvalue weighted by Gasteiger charge is -2.04. The Hall–Kier alpha value is -2.10. The van der Waals surface area contributed by atoms with Crippen LogP contribution in [0.5, 0.6) is 0 Å². The zero-order valence-corrected chi connectivity index (χ0v) is 9.68. The topological polar surface area (TPSA) is 69.4 Å². The van der Waals surface area contributed by atoms with E-state index in [0.717, 1.165) is 11.1 Å². The van der Waals surface area contributed by atoms with Crippen molar-refractivity contribution in [3.8, 4) is 0 Å². The van der Waals surface area contributed by atoms with Gasteiger partial charge in [0.1, 0.15) is 0 Å². The molecule has 0 saturated carbocycles. The molecule has 17 heavy (non-hydrogen) atoms. The molecule has 0 fully saturated rings. The first-order valence-corrected chi connectivity index (χ1v) is 5.25. The average molecular weight is 233 g/mol. The van der Waals surface area contributed by atoms with E-state index in [1.165, 1.54) is 13.2 Å². The Morgan fingerprint density at radius 3 is 2.71 bits per heavy atom. The van der Waals surface area contributed by atoms with E-state index in [1.807, 2.05) is 24.3 Å². The Balaban J connectivity index is 2.77. The van der Waals surface area contributed by atoms with Gasteiger partial charge in [0.25, 0.3) is 0 Å². The number of ether oxygens (including phenoxy) is 1. The fourth-order valence-corrected chi connectivity index (χ4v) is 1.44. The average Bonchev–Trinajstić information content (AvgIpc) is 2.34. The van der Waals surface area contributed by atoms with Crippen LogP contribution in [-0.2, 0) is 20.7 Å². The van der Waals surface area contributed by atoms with Crippen LogP contribution < -0.4 is 5.73 Å². The number of aryl methyl sites for hydroxylation is 1. The van der Waals surface area contributed by atoms with Crippen molar-refractivity contribution in [2.75, 3.05) is 7.11 Å². The molecule has 4 heteroatoms. The molecule has 0 heterocycles. The molecule has 1 amide bonds. The molecule has 4 nitrogen and oxygen atoms in total. The second-order valence-corrected chi connectivity index (χ2v) is 3.51. The third-order valence-corrected chi connectivity index (χ3v) is 2.31. The molecule has 0 aliphatic heterocycles. The zero-order chi connectivity index (χ0) is 12.7. The van der Waals surface area contributed by atoms with Gasteiger partial charge in [-0.25, -0.2) is 0 Å². The van der Waals surface area contributed by atoms with E-state index in [9.17, 15) is 9.59 Å². The molecular formula is C13H15NO3. The molecule has 1 aromatic rings. The normalized spacial score (nSPS) is 10.4. The van der Waals surface area contributed by atoms with Crippen molar-refractivity contribution in [1.29, 1.82) is 0 Å². The van der Waals surface area contributed by atoms with Gasteiger partial charge in [0, 0.05) is 12.5 Å². The van der Waals surface area contributed by atoms with E-state index in [2.05, 4.69) is 4.74 Å². The summed E-state index contributed by atoms with van der Waals surface area (Å²) >= 11 is 0. The maximum Gasteiger partial charge on any atom is 0.305 e. The predicted octanol–water partition coefficient (Wildman–Crippen LogP) is 1.29. The maximum absolute atomic E-state index is 11.0. The lowest BCUT2D eigenvalue weighted by atomic mass is 10.0. The van der Waals surface area contributed by atoms with Crippen LogP contribution in [0.25, 0.3) is 6.08 Å². The molecule has 2 N–H and O–H groups in total. The summed E-state index contributed by atoms with van der Waals surface area (Å²) in [4.78, 5) is 21.7. The zero-order valence-electron chi connectivity index (χ0n) is 9.68. The molecule has 0 aliphatic rings. The molecule has 0 radical (unpaired) electrons. The van der Waals surface area contributed by atoms with Crippen LogP contribution in [0.2, 0.25) is 0 Å². The van der Waals surface area contributed by atoms with Gasteiger partial charge in [0.05, 0.1) is 7.11 Å². The first-order chi connectivity index (χ1) is 8.13. The van der Waals surface area contributed by atoms with Crippen LogP contribution in [0.3, 0.4) is 0 Å². The maximum atomic E-state index is 11.0. The van der Waals surface area contributed by atoms with E-state index in [1.54, 1.807) is 6.08 Å². The van der Waals surface area contributed by atoms with Crippen molar-refractivity contribution in [1.82, 2.24) is 0 Å². The highest BCUT2D eigenvalue weighted by Gasteiger charge is 2.04. The van der Waals surface area contributed by atoms with Crippen molar-refractivity contribution < 1.29 is 14.3 Å². The number of methoxy groups -OCH3 is 1. The highest BCUT2D eigenvalue weighted by Crippen LogP contribution is 2.13. The van der Waals surface area contributed by atoms with Crippen LogP contribution in [-0.4, -0.2) is 19.0 Å². The first kappa shape index (κ1) is 13.0. The van der Waals surface area contributed by atoms with E-state index < -0.39 is 5.91 Å². The lowest BCUT2D eigenvalue weighted by molar-refractivity contribution is -0.140. The molecule has 90 valence electrons. The minimum absolute atomic E-state index is 0.251. The summed E-state index contributed by atoms with van der Waals surface area (Å²) in [6.07, 6.45) is 3.84. The highest BCUT2D eigenvalue weighted by atomic mass is 16.5. The van der Waals surface area contributed by atoms with Crippen molar-refractivity contribution in [2.45, 2.75) is 12.8 Å². The summed E-state index contributed by atoms with van der Waals surface area (Å²) in [7, 11) is 1.36. The third kappa shape index (κ3) is 4.51. The SMILES string of the molecule is COC(=O)CCc1ccccc1C=CC(N)=O. The lowest BCUT2D eigenvalue weighted by Crippen LogP contribution is -2.05. The van der Waals surface area contributed by atoms with E-state index in [4.69, 9.17) is 5.73 Å². The molecular weight excluding hydrogens is 218 g/mol. The molecule has 0 bridgehead atoms. The van der Waals surface area contributed by atoms with Crippen LogP contribution in [0, 0.1) is 0 Å². The Morgan fingerprint density at radius 2 is 2.06 bits per heavy atom. The number of nitrogens with two attached hydrogens (primary N) is 1.